The third kappa shape index (κ3) is 2.58. The standard InChI is InChI=1S/C11H13BrN2O/c12-7-13-6-8-1-3-10-9(5-8)2-4-11(15)14-10/h1,3,5,13H,2,4,6-7H2,(H,14,15). The maximum absolute atomic E-state index is 11.2. The zero-order valence-electron chi connectivity index (χ0n) is 8.35. The number of benzene rings is 1. The smallest absolute Gasteiger partial charge is 0.224 e. The van der Waals surface area contributed by atoms with Crippen LogP contribution in [0.2, 0.25) is 0 Å². The van der Waals surface area contributed by atoms with Gasteiger partial charge in [-0.2, -0.15) is 0 Å². The number of amides is 1. The average Bonchev–Trinajstić information content (AvgIpc) is 2.26. The maximum Gasteiger partial charge on any atom is 0.224 e. The number of anilines is 1. The number of aryl methyl sites for hydroxylation is 1. The number of carbonyl (C=O) groups is 1. The fourth-order valence-electron chi connectivity index (χ4n) is 1.74. The van der Waals surface area contributed by atoms with Gasteiger partial charge in [0.05, 0.1) is 5.45 Å². The minimum absolute atomic E-state index is 0.119. The molecule has 0 aromatic heterocycles. The summed E-state index contributed by atoms with van der Waals surface area (Å²) in [5.41, 5.74) is 4.25. The van der Waals surface area contributed by atoms with E-state index in [1.807, 2.05) is 12.1 Å². The molecule has 1 heterocycles. The van der Waals surface area contributed by atoms with Gasteiger partial charge in [-0.3, -0.25) is 4.79 Å². The first-order valence-corrected chi connectivity index (χ1v) is 6.10. The van der Waals surface area contributed by atoms with Crippen LogP contribution < -0.4 is 10.6 Å². The van der Waals surface area contributed by atoms with Crippen molar-refractivity contribution in [2.75, 3.05) is 10.8 Å². The first kappa shape index (κ1) is 10.6. The van der Waals surface area contributed by atoms with Gasteiger partial charge in [-0.1, -0.05) is 28.1 Å². The second kappa shape index (κ2) is 4.77. The molecule has 0 fully saturated rings. The van der Waals surface area contributed by atoms with E-state index in [9.17, 15) is 4.79 Å². The first-order chi connectivity index (χ1) is 7.29. The molecule has 3 nitrogen and oxygen atoms in total. The van der Waals surface area contributed by atoms with Crippen LogP contribution in [0.3, 0.4) is 0 Å². The maximum atomic E-state index is 11.2. The summed E-state index contributed by atoms with van der Waals surface area (Å²) in [5.74, 6) is 0.119. The van der Waals surface area contributed by atoms with Crippen LogP contribution >= 0.6 is 15.9 Å². The Morgan fingerprint density at radius 2 is 2.27 bits per heavy atom. The molecular formula is C11H13BrN2O. The zero-order valence-corrected chi connectivity index (χ0v) is 9.93. The van der Waals surface area contributed by atoms with E-state index in [4.69, 9.17) is 0 Å². The normalized spacial score (nSPS) is 14.6. The Hall–Kier alpha value is -0.870. The zero-order chi connectivity index (χ0) is 10.7. The predicted octanol–water partition coefficient (Wildman–Crippen LogP) is 2.01. The summed E-state index contributed by atoms with van der Waals surface area (Å²) in [5, 5.41) is 6.08. The molecule has 0 radical (unpaired) electrons. The number of carbonyl (C=O) groups excluding carboxylic acids is 1. The molecule has 1 aliphatic heterocycles. The number of halogens is 1. The summed E-state index contributed by atoms with van der Waals surface area (Å²) < 4.78 is 0. The van der Waals surface area contributed by atoms with Gasteiger partial charge in [0.2, 0.25) is 5.91 Å². The molecule has 0 saturated carbocycles. The van der Waals surface area contributed by atoms with E-state index in [-0.39, 0.29) is 5.91 Å². The lowest BCUT2D eigenvalue weighted by atomic mass is 10.0. The summed E-state index contributed by atoms with van der Waals surface area (Å²) in [7, 11) is 0. The molecule has 1 aliphatic rings. The van der Waals surface area contributed by atoms with Gasteiger partial charge in [0.25, 0.3) is 0 Å². The van der Waals surface area contributed by atoms with Crippen molar-refractivity contribution in [3.63, 3.8) is 0 Å². The number of alkyl halides is 1. The minimum Gasteiger partial charge on any atom is -0.326 e. The van der Waals surface area contributed by atoms with Crippen LogP contribution in [0.5, 0.6) is 0 Å². The van der Waals surface area contributed by atoms with Gasteiger partial charge >= 0.3 is 0 Å². The van der Waals surface area contributed by atoms with Gasteiger partial charge in [-0.15, -0.1) is 0 Å². The predicted molar refractivity (Wildman–Crippen MR) is 64.0 cm³/mol. The van der Waals surface area contributed by atoms with Crippen molar-refractivity contribution >= 4 is 27.5 Å². The Balaban J connectivity index is 2.15. The fourth-order valence-corrected chi connectivity index (χ4v) is 1.94. The highest BCUT2D eigenvalue weighted by Gasteiger charge is 2.14. The van der Waals surface area contributed by atoms with Gasteiger partial charge in [0, 0.05) is 18.7 Å². The highest BCUT2D eigenvalue weighted by molar-refractivity contribution is 9.09. The largest absolute Gasteiger partial charge is 0.326 e. The Labute approximate surface area is 97.4 Å². The van der Waals surface area contributed by atoms with Crippen LogP contribution in [0, 0.1) is 0 Å². The van der Waals surface area contributed by atoms with E-state index in [2.05, 4.69) is 32.6 Å². The Kier molecular flexibility index (Phi) is 3.38. The molecule has 0 spiro atoms. The van der Waals surface area contributed by atoms with Crippen LogP contribution in [0.1, 0.15) is 17.5 Å². The molecule has 2 N–H and O–H groups in total. The highest BCUT2D eigenvalue weighted by Crippen LogP contribution is 2.23. The van der Waals surface area contributed by atoms with Crippen LogP contribution in [-0.2, 0) is 17.8 Å². The Morgan fingerprint density at radius 3 is 3.07 bits per heavy atom. The molecule has 0 bridgehead atoms. The monoisotopic (exact) mass is 268 g/mol. The van der Waals surface area contributed by atoms with Crippen LogP contribution in [0.4, 0.5) is 5.69 Å². The van der Waals surface area contributed by atoms with E-state index in [1.54, 1.807) is 0 Å². The third-order valence-electron chi connectivity index (χ3n) is 2.49. The van der Waals surface area contributed by atoms with Crippen molar-refractivity contribution in [3.8, 4) is 0 Å². The molecule has 0 aliphatic carbocycles. The van der Waals surface area contributed by atoms with Gasteiger partial charge in [-0.05, 0) is 23.6 Å². The number of rotatable bonds is 3. The van der Waals surface area contributed by atoms with E-state index >= 15 is 0 Å². The molecular weight excluding hydrogens is 256 g/mol. The van der Waals surface area contributed by atoms with E-state index in [1.165, 1.54) is 11.1 Å². The Bertz CT molecular complexity index is 379. The summed E-state index contributed by atoms with van der Waals surface area (Å²) >= 11 is 3.32. The molecule has 0 atom stereocenters. The lowest BCUT2D eigenvalue weighted by Gasteiger charge is -2.17. The van der Waals surface area contributed by atoms with Gasteiger partial charge in [-0.25, -0.2) is 0 Å². The van der Waals surface area contributed by atoms with Crippen molar-refractivity contribution in [1.82, 2.24) is 5.32 Å². The third-order valence-corrected chi connectivity index (χ3v) is 2.89. The second-order valence-electron chi connectivity index (χ2n) is 3.60. The number of hydrogen-bond donors (Lipinski definition) is 2. The summed E-state index contributed by atoms with van der Waals surface area (Å²) in [6.45, 7) is 0.854. The van der Waals surface area contributed by atoms with Gasteiger partial charge < -0.3 is 10.6 Å². The average molecular weight is 269 g/mol. The molecule has 1 aromatic carbocycles. The minimum atomic E-state index is 0.119. The molecule has 0 unspecified atom stereocenters. The fraction of sp³-hybridized carbons (Fsp3) is 0.364. The van der Waals surface area contributed by atoms with E-state index in [0.29, 0.717) is 6.42 Å². The van der Waals surface area contributed by atoms with Crippen molar-refractivity contribution in [2.24, 2.45) is 0 Å². The quantitative estimate of drug-likeness (QED) is 0.651. The first-order valence-electron chi connectivity index (χ1n) is 4.98. The lowest BCUT2D eigenvalue weighted by molar-refractivity contribution is -0.116. The number of fused-ring (bicyclic) bond motifs is 1. The molecule has 4 heteroatoms. The van der Waals surface area contributed by atoms with Crippen molar-refractivity contribution < 1.29 is 4.79 Å². The van der Waals surface area contributed by atoms with Crippen molar-refractivity contribution in [2.45, 2.75) is 19.4 Å². The second-order valence-corrected chi connectivity index (χ2v) is 4.16. The highest BCUT2D eigenvalue weighted by atomic mass is 79.9. The van der Waals surface area contributed by atoms with E-state index in [0.717, 1.165) is 24.1 Å². The van der Waals surface area contributed by atoms with Gasteiger partial charge in [0.15, 0.2) is 0 Å². The topological polar surface area (TPSA) is 41.1 Å². The number of nitrogens with one attached hydrogen (secondary N) is 2. The van der Waals surface area contributed by atoms with E-state index < -0.39 is 0 Å². The Morgan fingerprint density at radius 1 is 1.40 bits per heavy atom. The SMILES string of the molecule is O=C1CCc2cc(CNCBr)ccc2N1. The number of hydrogen-bond acceptors (Lipinski definition) is 2. The molecule has 0 saturated heterocycles. The van der Waals surface area contributed by atoms with Crippen molar-refractivity contribution in [3.05, 3.63) is 29.3 Å². The molecule has 1 amide bonds. The summed E-state index contributed by atoms with van der Waals surface area (Å²) in [6.07, 6.45) is 1.45. The molecule has 2 rings (SSSR count). The molecule has 80 valence electrons. The van der Waals surface area contributed by atoms with Crippen molar-refractivity contribution in [1.29, 1.82) is 0 Å². The van der Waals surface area contributed by atoms with Crippen LogP contribution in [0.15, 0.2) is 18.2 Å². The van der Waals surface area contributed by atoms with Crippen LogP contribution in [0.25, 0.3) is 0 Å². The summed E-state index contributed by atoms with van der Waals surface area (Å²) in [4.78, 5) is 11.2. The van der Waals surface area contributed by atoms with Crippen LogP contribution in [-0.4, -0.2) is 11.4 Å². The molecule has 15 heavy (non-hydrogen) atoms. The lowest BCUT2D eigenvalue weighted by Crippen LogP contribution is -2.19. The van der Waals surface area contributed by atoms with Gasteiger partial charge in [0.1, 0.15) is 0 Å². The summed E-state index contributed by atoms with van der Waals surface area (Å²) in [6, 6.07) is 6.18. The molecule has 1 aromatic rings.